The molecule has 0 saturated carbocycles. The summed E-state index contributed by atoms with van der Waals surface area (Å²) in [6.07, 6.45) is -0.577. The highest BCUT2D eigenvalue weighted by atomic mass is 32.1. The number of thiazole rings is 1. The van der Waals surface area contributed by atoms with Crippen molar-refractivity contribution in [2.75, 3.05) is 18.4 Å². The molecule has 1 aromatic carbocycles. The van der Waals surface area contributed by atoms with E-state index in [1.165, 1.54) is 16.2 Å². The van der Waals surface area contributed by atoms with E-state index in [9.17, 15) is 18.7 Å². The molecule has 0 radical (unpaired) electrons. The average Bonchev–Trinajstić information content (AvgIpc) is 3.28. The number of carbonyl (C=O) groups is 1. The van der Waals surface area contributed by atoms with E-state index < -0.39 is 12.3 Å². The van der Waals surface area contributed by atoms with Gasteiger partial charge in [0.2, 0.25) is 0 Å². The summed E-state index contributed by atoms with van der Waals surface area (Å²) in [6.45, 7) is 4.36. The summed E-state index contributed by atoms with van der Waals surface area (Å²) < 4.78 is 27.5. The number of benzene rings is 1. The molecule has 1 unspecified atom stereocenters. The van der Waals surface area contributed by atoms with Crippen molar-refractivity contribution in [3.8, 4) is 11.4 Å². The maximum atomic E-state index is 12.5. The number of hydrogen-bond acceptors (Lipinski definition) is 6. The van der Waals surface area contributed by atoms with Crippen LogP contribution < -0.4 is 5.32 Å². The molecule has 1 saturated heterocycles. The van der Waals surface area contributed by atoms with Crippen LogP contribution in [-0.4, -0.2) is 56.2 Å². The summed E-state index contributed by atoms with van der Waals surface area (Å²) in [5.41, 5.74) is 3.02. The highest BCUT2D eigenvalue weighted by Crippen LogP contribution is 2.31. The van der Waals surface area contributed by atoms with Crippen molar-refractivity contribution in [1.29, 1.82) is 0 Å². The second kappa shape index (κ2) is 7.01. The monoisotopic (exact) mass is 407 g/mol. The number of aryl methyl sites for hydroxylation is 2. The third-order valence-corrected chi connectivity index (χ3v) is 5.65. The van der Waals surface area contributed by atoms with Crippen LogP contribution in [-0.2, 0) is 4.79 Å². The first kappa shape index (κ1) is 18.6. The Hall–Kier alpha value is -2.75. The number of alkyl halides is 2. The van der Waals surface area contributed by atoms with Gasteiger partial charge in [0.1, 0.15) is 11.4 Å². The molecule has 1 aliphatic rings. The molecule has 1 amide bonds. The molecule has 28 heavy (non-hydrogen) atoms. The van der Waals surface area contributed by atoms with E-state index in [-0.39, 0.29) is 18.3 Å². The number of amides is 1. The summed E-state index contributed by atoms with van der Waals surface area (Å²) in [5, 5.41) is 18.5. The van der Waals surface area contributed by atoms with Crippen molar-refractivity contribution in [3.63, 3.8) is 0 Å². The molecule has 1 atom stereocenters. The lowest BCUT2D eigenvalue weighted by molar-refractivity contribution is -0.141. The Morgan fingerprint density at radius 1 is 1.39 bits per heavy atom. The van der Waals surface area contributed by atoms with Crippen LogP contribution in [0.1, 0.15) is 17.5 Å². The summed E-state index contributed by atoms with van der Waals surface area (Å²) in [6, 6.07) is 3.54. The smallest absolute Gasteiger partial charge is 0.315 e. The summed E-state index contributed by atoms with van der Waals surface area (Å²) >= 11 is 1.39. The molecular formula is C18H19F2N5O2S. The van der Waals surface area contributed by atoms with E-state index in [0.717, 1.165) is 15.8 Å². The van der Waals surface area contributed by atoms with Gasteiger partial charge < -0.3 is 15.3 Å². The minimum Gasteiger partial charge on any atom is -0.506 e. The van der Waals surface area contributed by atoms with E-state index in [0.29, 0.717) is 29.4 Å². The normalized spacial score (nSPS) is 17.0. The lowest BCUT2D eigenvalue weighted by Gasteiger charge is -2.16. The molecule has 148 valence electrons. The Kier molecular flexibility index (Phi) is 4.66. The molecule has 3 aromatic rings. The molecular weight excluding hydrogens is 388 g/mol. The maximum Gasteiger partial charge on any atom is 0.315 e. The number of rotatable bonds is 4. The van der Waals surface area contributed by atoms with Gasteiger partial charge in [-0.2, -0.15) is 13.8 Å². The van der Waals surface area contributed by atoms with E-state index >= 15 is 0 Å². The van der Waals surface area contributed by atoms with Crippen molar-refractivity contribution in [2.45, 2.75) is 32.7 Å². The second-order valence-corrected chi connectivity index (χ2v) is 7.98. The van der Waals surface area contributed by atoms with Gasteiger partial charge in [-0.3, -0.25) is 4.79 Å². The number of halogens is 2. The van der Waals surface area contributed by atoms with Crippen LogP contribution in [0.4, 0.5) is 13.9 Å². The number of aromatic hydroxyl groups is 1. The van der Waals surface area contributed by atoms with Crippen LogP contribution in [0, 0.1) is 13.8 Å². The predicted molar refractivity (Wildman–Crippen MR) is 102 cm³/mol. The highest BCUT2D eigenvalue weighted by molar-refractivity contribution is 7.22. The molecule has 0 aliphatic carbocycles. The zero-order chi connectivity index (χ0) is 20.0. The molecule has 3 heterocycles. The van der Waals surface area contributed by atoms with Gasteiger partial charge in [-0.1, -0.05) is 17.4 Å². The van der Waals surface area contributed by atoms with Gasteiger partial charge in [-0.05, 0) is 37.5 Å². The van der Waals surface area contributed by atoms with Gasteiger partial charge in [0.05, 0.1) is 10.9 Å². The number of phenolic OH excluding ortho intramolecular Hbond substituents is 1. The van der Waals surface area contributed by atoms with Crippen LogP contribution in [0.25, 0.3) is 16.0 Å². The van der Waals surface area contributed by atoms with Crippen LogP contribution in [0.3, 0.4) is 0 Å². The number of anilines is 1. The zero-order valence-electron chi connectivity index (χ0n) is 15.3. The fourth-order valence-electron chi connectivity index (χ4n) is 3.52. The van der Waals surface area contributed by atoms with Crippen LogP contribution >= 0.6 is 11.3 Å². The van der Waals surface area contributed by atoms with Crippen molar-refractivity contribution in [3.05, 3.63) is 29.5 Å². The molecule has 1 aliphatic heterocycles. The molecule has 7 nitrogen and oxygen atoms in total. The Morgan fingerprint density at radius 2 is 2.18 bits per heavy atom. The predicted octanol–water partition coefficient (Wildman–Crippen LogP) is 3.08. The van der Waals surface area contributed by atoms with Crippen molar-refractivity contribution < 1.29 is 18.7 Å². The third kappa shape index (κ3) is 3.39. The first-order chi connectivity index (χ1) is 13.3. The lowest BCUT2D eigenvalue weighted by Crippen LogP contribution is -2.35. The molecule has 2 N–H and O–H groups in total. The van der Waals surface area contributed by atoms with E-state index in [1.807, 2.05) is 19.9 Å². The van der Waals surface area contributed by atoms with Gasteiger partial charge in [-0.25, -0.2) is 4.68 Å². The Balaban J connectivity index is 1.51. The summed E-state index contributed by atoms with van der Waals surface area (Å²) in [4.78, 5) is 17.0. The number of hydrogen-bond donors (Lipinski definition) is 2. The van der Waals surface area contributed by atoms with Crippen molar-refractivity contribution in [2.24, 2.45) is 0 Å². The van der Waals surface area contributed by atoms with E-state index in [1.54, 1.807) is 16.9 Å². The summed E-state index contributed by atoms with van der Waals surface area (Å²) in [5.74, 6) is -0.973. The average molecular weight is 407 g/mol. The van der Waals surface area contributed by atoms with Gasteiger partial charge in [-0.15, -0.1) is 5.10 Å². The van der Waals surface area contributed by atoms with E-state index in [2.05, 4.69) is 15.4 Å². The molecule has 10 heteroatoms. The van der Waals surface area contributed by atoms with Gasteiger partial charge in [0.25, 0.3) is 5.91 Å². The third-order valence-electron chi connectivity index (χ3n) is 4.74. The fourth-order valence-corrected chi connectivity index (χ4v) is 4.42. The SMILES string of the molecule is Cc1cc(C)c(-n2cc3sc(NC4CCN(C(=O)C(F)F)C4)nc3n2)c(O)c1. The first-order valence-electron chi connectivity index (χ1n) is 8.82. The van der Waals surface area contributed by atoms with Gasteiger partial charge in [0.15, 0.2) is 10.8 Å². The number of aromatic nitrogens is 3. The second-order valence-electron chi connectivity index (χ2n) is 6.94. The van der Waals surface area contributed by atoms with Crippen LogP contribution in [0.5, 0.6) is 5.75 Å². The van der Waals surface area contributed by atoms with Crippen LogP contribution in [0.15, 0.2) is 18.3 Å². The minimum atomic E-state index is -2.97. The summed E-state index contributed by atoms with van der Waals surface area (Å²) in [7, 11) is 0. The van der Waals surface area contributed by atoms with Crippen LogP contribution in [0.2, 0.25) is 0 Å². The van der Waals surface area contributed by atoms with Gasteiger partial charge >= 0.3 is 6.43 Å². The number of nitrogens with one attached hydrogen (secondary N) is 1. The highest BCUT2D eigenvalue weighted by Gasteiger charge is 2.31. The Labute approximate surface area is 163 Å². The minimum absolute atomic E-state index is 0.117. The van der Waals surface area contributed by atoms with Gasteiger partial charge in [0, 0.05) is 19.1 Å². The Morgan fingerprint density at radius 3 is 2.86 bits per heavy atom. The lowest BCUT2D eigenvalue weighted by atomic mass is 10.1. The number of carbonyl (C=O) groups excluding carboxylic acids is 1. The van der Waals surface area contributed by atoms with Crippen molar-refractivity contribution >= 4 is 32.7 Å². The molecule has 4 rings (SSSR count). The standard InChI is InChI=1S/C18H19F2N5O2S/c1-9-5-10(2)14(12(26)6-9)25-8-13-16(23-25)22-18(28-13)21-11-3-4-24(7-11)17(27)15(19)20/h5-6,8,11,15,26H,3-4,7H2,1-2H3,(H,21,22,23). The number of likely N-dealkylation sites (tertiary alicyclic amines) is 1. The number of fused-ring (bicyclic) bond motifs is 1. The largest absolute Gasteiger partial charge is 0.506 e. The van der Waals surface area contributed by atoms with E-state index in [4.69, 9.17) is 0 Å². The molecule has 0 spiro atoms. The fraction of sp³-hybridized carbons (Fsp3) is 0.389. The quantitative estimate of drug-likeness (QED) is 0.695. The topological polar surface area (TPSA) is 83.3 Å². The zero-order valence-corrected chi connectivity index (χ0v) is 16.1. The first-order valence-corrected chi connectivity index (χ1v) is 9.63. The maximum absolute atomic E-state index is 12.5. The molecule has 0 bridgehead atoms. The molecule has 1 fully saturated rings. The molecule has 2 aromatic heterocycles. The number of phenols is 1. The van der Waals surface area contributed by atoms with Crippen molar-refractivity contribution in [1.82, 2.24) is 19.7 Å². The Bertz CT molecular complexity index is 993. The number of nitrogens with zero attached hydrogens (tertiary/aromatic N) is 4.